The first-order chi connectivity index (χ1) is 10.6. The highest BCUT2D eigenvalue weighted by atomic mass is 32.1. The van der Waals surface area contributed by atoms with Crippen LogP contribution >= 0.6 is 11.3 Å². The van der Waals surface area contributed by atoms with Crippen molar-refractivity contribution in [2.24, 2.45) is 5.73 Å². The molecule has 0 radical (unpaired) electrons. The van der Waals surface area contributed by atoms with Crippen molar-refractivity contribution in [2.75, 3.05) is 11.9 Å². The summed E-state index contributed by atoms with van der Waals surface area (Å²) in [7, 11) is 0. The number of nitrogens with two attached hydrogens (primary N) is 1. The maximum absolute atomic E-state index is 12.1. The minimum Gasteiger partial charge on any atom is -0.466 e. The van der Waals surface area contributed by atoms with Crippen LogP contribution in [0.4, 0.5) is 5.13 Å². The summed E-state index contributed by atoms with van der Waals surface area (Å²) in [5, 5.41) is 11.2. The van der Waals surface area contributed by atoms with E-state index in [1.165, 1.54) is 0 Å². The zero-order valence-electron chi connectivity index (χ0n) is 12.0. The van der Waals surface area contributed by atoms with Crippen molar-refractivity contribution in [2.45, 2.75) is 19.9 Å². The van der Waals surface area contributed by atoms with Gasteiger partial charge in [-0.1, -0.05) is 23.5 Å². The van der Waals surface area contributed by atoms with Crippen molar-refractivity contribution < 1.29 is 14.3 Å². The van der Waals surface area contributed by atoms with Crippen molar-refractivity contribution in [1.29, 1.82) is 0 Å². The number of amides is 1. The maximum atomic E-state index is 12.1. The highest BCUT2D eigenvalue weighted by Gasteiger charge is 2.13. The molecule has 0 spiro atoms. The first kappa shape index (κ1) is 16.1. The predicted octanol–water partition coefficient (Wildman–Crippen LogP) is 1.35. The number of hydrogen-bond acceptors (Lipinski definition) is 7. The molecule has 22 heavy (non-hydrogen) atoms. The van der Waals surface area contributed by atoms with E-state index < -0.39 is 0 Å². The van der Waals surface area contributed by atoms with E-state index in [0.29, 0.717) is 28.9 Å². The average molecular weight is 320 g/mol. The number of nitrogens with one attached hydrogen (secondary N) is 1. The number of ether oxygens (including phenoxy) is 1. The van der Waals surface area contributed by atoms with Gasteiger partial charge in [0.1, 0.15) is 5.01 Å². The minimum absolute atomic E-state index is 0.0482. The monoisotopic (exact) mass is 320 g/mol. The van der Waals surface area contributed by atoms with Crippen LogP contribution in [0.1, 0.15) is 27.9 Å². The highest BCUT2D eigenvalue weighted by Crippen LogP contribution is 2.17. The molecule has 7 nitrogen and oxygen atoms in total. The third-order valence-electron chi connectivity index (χ3n) is 2.74. The molecule has 116 valence electrons. The Hall–Kier alpha value is -2.32. The van der Waals surface area contributed by atoms with Crippen molar-refractivity contribution >= 4 is 28.3 Å². The molecule has 0 saturated heterocycles. The van der Waals surface area contributed by atoms with Crippen LogP contribution in [0.2, 0.25) is 0 Å². The molecule has 0 aliphatic heterocycles. The summed E-state index contributed by atoms with van der Waals surface area (Å²) in [6, 6.07) is 6.97. The van der Waals surface area contributed by atoms with E-state index >= 15 is 0 Å². The number of hydrogen-bond donors (Lipinski definition) is 2. The third kappa shape index (κ3) is 4.34. The molecule has 3 N–H and O–H groups in total. The van der Waals surface area contributed by atoms with Gasteiger partial charge in [-0.05, 0) is 24.6 Å². The molecule has 1 amide bonds. The molecule has 8 heteroatoms. The molecule has 0 aliphatic carbocycles. The van der Waals surface area contributed by atoms with Crippen LogP contribution in [0, 0.1) is 0 Å². The van der Waals surface area contributed by atoms with Gasteiger partial charge in [-0.25, -0.2) is 0 Å². The Bertz CT molecular complexity index is 654. The van der Waals surface area contributed by atoms with Crippen LogP contribution in [-0.4, -0.2) is 28.7 Å². The molecule has 2 aromatic rings. The lowest BCUT2D eigenvalue weighted by Gasteiger charge is -2.02. The number of carbonyl (C=O) groups excluding carboxylic acids is 2. The lowest BCUT2D eigenvalue weighted by molar-refractivity contribution is -0.142. The molecule has 0 bridgehead atoms. The van der Waals surface area contributed by atoms with Gasteiger partial charge in [-0.3, -0.25) is 14.9 Å². The standard InChI is InChI=1S/C14H16N4O3S/c1-2-21-12(19)7-11-17-18-14(22-11)16-13(20)10-5-3-9(8-15)4-6-10/h3-6H,2,7-8,15H2,1H3,(H,16,18,20). The molecule has 1 aromatic heterocycles. The Morgan fingerprint density at radius 3 is 2.64 bits per heavy atom. The van der Waals surface area contributed by atoms with E-state index in [1.54, 1.807) is 31.2 Å². The van der Waals surface area contributed by atoms with E-state index in [0.717, 1.165) is 16.9 Å². The number of rotatable bonds is 6. The fraction of sp³-hybridized carbons (Fsp3) is 0.286. The van der Waals surface area contributed by atoms with E-state index in [2.05, 4.69) is 15.5 Å². The van der Waals surface area contributed by atoms with Gasteiger partial charge in [0.2, 0.25) is 5.13 Å². The SMILES string of the molecule is CCOC(=O)Cc1nnc(NC(=O)c2ccc(CN)cc2)s1. The second-order valence-corrected chi connectivity index (χ2v) is 5.40. The quantitative estimate of drug-likeness (QED) is 0.778. The highest BCUT2D eigenvalue weighted by molar-refractivity contribution is 7.15. The summed E-state index contributed by atoms with van der Waals surface area (Å²) in [5.41, 5.74) is 6.96. The minimum atomic E-state index is -0.367. The second kappa shape index (κ2) is 7.62. The molecular formula is C14H16N4O3S. The van der Waals surface area contributed by atoms with Gasteiger partial charge < -0.3 is 10.5 Å². The van der Waals surface area contributed by atoms with Crippen LogP contribution in [0.5, 0.6) is 0 Å². The summed E-state index contributed by atoms with van der Waals surface area (Å²) >= 11 is 1.14. The van der Waals surface area contributed by atoms with Gasteiger partial charge in [0.05, 0.1) is 13.0 Å². The number of aromatic nitrogens is 2. The molecule has 0 fully saturated rings. The molecule has 0 aliphatic rings. The van der Waals surface area contributed by atoms with Gasteiger partial charge >= 0.3 is 5.97 Å². The maximum Gasteiger partial charge on any atom is 0.312 e. The predicted molar refractivity (Wildman–Crippen MR) is 82.5 cm³/mol. The largest absolute Gasteiger partial charge is 0.466 e. The van der Waals surface area contributed by atoms with Gasteiger partial charge in [0, 0.05) is 12.1 Å². The van der Waals surface area contributed by atoms with E-state index in [4.69, 9.17) is 10.5 Å². The summed E-state index contributed by atoms with van der Waals surface area (Å²) in [6.07, 6.45) is 0.0482. The van der Waals surface area contributed by atoms with Crippen molar-refractivity contribution in [3.05, 3.63) is 40.4 Å². The fourth-order valence-corrected chi connectivity index (χ4v) is 2.39. The van der Waals surface area contributed by atoms with Gasteiger partial charge in [-0.2, -0.15) is 0 Å². The fourth-order valence-electron chi connectivity index (χ4n) is 1.67. The van der Waals surface area contributed by atoms with Crippen molar-refractivity contribution in [3.63, 3.8) is 0 Å². The first-order valence-electron chi connectivity index (χ1n) is 6.70. The Morgan fingerprint density at radius 1 is 1.27 bits per heavy atom. The van der Waals surface area contributed by atoms with Crippen LogP contribution < -0.4 is 11.1 Å². The molecule has 0 unspecified atom stereocenters. The number of anilines is 1. The topological polar surface area (TPSA) is 107 Å². The molecular weight excluding hydrogens is 304 g/mol. The molecule has 2 rings (SSSR count). The zero-order valence-corrected chi connectivity index (χ0v) is 12.9. The molecule has 0 saturated carbocycles. The summed E-state index contributed by atoms with van der Waals surface area (Å²) in [6.45, 7) is 2.48. The van der Waals surface area contributed by atoms with Crippen LogP contribution in [-0.2, 0) is 22.5 Å². The normalized spacial score (nSPS) is 10.3. The summed E-state index contributed by atoms with van der Waals surface area (Å²) in [4.78, 5) is 23.4. The second-order valence-electron chi connectivity index (χ2n) is 4.34. The van der Waals surface area contributed by atoms with Crippen molar-refractivity contribution in [3.8, 4) is 0 Å². The van der Waals surface area contributed by atoms with Gasteiger partial charge in [0.25, 0.3) is 5.91 Å². The van der Waals surface area contributed by atoms with E-state index in [-0.39, 0.29) is 18.3 Å². The van der Waals surface area contributed by atoms with Gasteiger partial charge in [-0.15, -0.1) is 10.2 Å². The lowest BCUT2D eigenvalue weighted by Crippen LogP contribution is -2.11. The van der Waals surface area contributed by atoms with Crippen LogP contribution in [0.25, 0.3) is 0 Å². The Labute approximate surface area is 131 Å². The number of benzene rings is 1. The van der Waals surface area contributed by atoms with E-state index in [9.17, 15) is 9.59 Å². The average Bonchev–Trinajstić information content (AvgIpc) is 2.94. The Kier molecular flexibility index (Phi) is 5.56. The first-order valence-corrected chi connectivity index (χ1v) is 7.52. The number of nitrogens with zero attached hydrogens (tertiary/aromatic N) is 2. The summed E-state index contributed by atoms with van der Waals surface area (Å²) in [5.74, 6) is -0.656. The van der Waals surface area contributed by atoms with Crippen LogP contribution in [0.15, 0.2) is 24.3 Å². The number of carbonyl (C=O) groups is 2. The molecule has 0 atom stereocenters. The van der Waals surface area contributed by atoms with E-state index in [1.807, 2.05) is 0 Å². The smallest absolute Gasteiger partial charge is 0.312 e. The zero-order chi connectivity index (χ0) is 15.9. The van der Waals surface area contributed by atoms with Gasteiger partial charge in [0.15, 0.2) is 0 Å². The third-order valence-corrected chi connectivity index (χ3v) is 3.58. The lowest BCUT2D eigenvalue weighted by atomic mass is 10.1. The van der Waals surface area contributed by atoms with Crippen LogP contribution in [0.3, 0.4) is 0 Å². The molecule has 1 aromatic carbocycles. The molecule has 1 heterocycles. The van der Waals surface area contributed by atoms with Crippen molar-refractivity contribution in [1.82, 2.24) is 10.2 Å². The number of esters is 1. The summed E-state index contributed by atoms with van der Waals surface area (Å²) < 4.78 is 4.83. The Balaban J connectivity index is 1.96. The Morgan fingerprint density at radius 2 is 2.00 bits per heavy atom.